The molecule has 4 aromatic carbocycles. The summed E-state index contributed by atoms with van der Waals surface area (Å²) in [5.41, 5.74) is 4.62. The molecule has 4 heteroatoms. The van der Waals surface area contributed by atoms with Crippen LogP contribution in [0.3, 0.4) is 0 Å². The van der Waals surface area contributed by atoms with Gasteiger partial charge >= 0.3 is 0 Å². The number of fused-ring (bicyclic) bond motifs is 2. The predicted molar refractivity (Wildman–Crippen MR) is 125 cm³/mol. The van der Waals surface area contributed by atoms with Crippen LogP contribution in [0, 0.1) is 0 Å². The normalized spacial score (nSPS) is 11.4. The van der Waals surface area contributed by atoms with Crippen LogP contribution < -0.4 is 5.32 Å². The molecule has 0 aliphatic carbocycles. The third kappa shape index (κ3) is 3.82. The second-order valence-electron chi connectivity index (χ2n) is 7.47. The number of rotatable bonds is 6. The van der Waals surface area contributed by atoms with Gasteiger partial charge in [-0.1, -0.05) is 78.3 Å². The molecule has 0 aliphatic rings. The number of halogens is 1. The van der Waals surface area contributed by atoms with E-state index in [-0.39, 0.29) is 0 Å². The molecule has 1 heterocycles. The molecule has 0 unspecified atom stereocenters. The van der Waals surface area contributed by atoms with Gasteiger partial charge in [0.1, 0.15) is 5.82 Å². The summed E-state index contributed by atoms with van der Waals surface area (Å²) in [4.78, 5) is 4.89. The molecular formula is C26H22ClN3. The lowest BCUT2D eigenvalue weighted by atomic mass is 10.0. The summed E-state index contributed by atoms with van der Waals surface area (Å²) in [7, 11) is 0. The van der Waals surface area contributed by atoms with Gasteiger partial charge in [0.25, 0.3) is 0 Å². The first-order valence-electron chi connectivity index (χ1n) is 10.1. The molecule has 0 saturated heterocycles. The highest BCUT2D eigenvalue weighted by Gasteiger charge is 2.11. The first kappa shape index (κ1) is 18.9. The van der Waals surface area contributed by atoms with E-state index < -0.39 is 0 Å². The fraction of sp³-hybridized carbons (Fsp3) is 0.115. The van der Waals surface area contributed by atoms with E-state index in [0.29, 0.717) is 6.54 Å². The summed E-state index contributed by atoms with van der Waals surface area (Å²) in [5.74, 6) is 1.02. The van der Waals surface area contributed by atoms with Crippen LogP contribution in [0.5, 0.6) is 0 Å². The SMILES string of the molecule is Clc1cccc(Cn2c(CNCc3cccc4ccccc34)nc3ccccc32)c1. The molecule has 0 spiro atoms. The monoisotopic (exact) mass is 411 g/mol. The van der Waals surface area contributed by atoms with Crippen molar-refractivity contribution in [2.75, 3.05) is 0 Å². The Hall–Kier alpha value is -3.14. The van der Waals surface area contributed by atoms with Gasteiger partial charge in [-0.05, 0) is 46.2 Å². The molecule has 0 saturated carbocycles. The van der Waals surface area contributed by atoms with Crippen LogP contribution in [0.2, 0.25) is 5.02 Å². The number of benzene rings is 4. The third-order valence-corrected chi connectivity index (χ3v) is 5.68. The molecule has 1 aromatic heterocycles. The van der Waals surface area contributed by atoms with E-state index in [2.05, 4.69) is 76.6 Å². The van der Waals surface area contributed by atoms with E-state index in [1.807, 2.05) is 24.3 Å². The molecule has 3 nitrogen and oxygen atoms in total. The average Bonchev–Trinajstić information content (AvgIpc) is 3.11. The standard InChI is InChI=1S/C26H22ClN3/c27-22-11-5-7-19(15-22)18-30-25-14-4-3-13-24(25)29-26(30)17-28-16-21-10-6-9-20-8-1-2-12-23(20)21/h1-15,28H,16-18H2. The van der Waals surface area contributed by atoms with Gasteiger partial charge in [-0.25, -0.2) is 4.98 Å². The van der Waals surface area contributed by atoms with E-state index in [1.54, 1.807) is 0 Å². The van der Waals surface area contributed by atoms with Crippen LogP contribution in [0.15, 0.2) is 91.0 Å². The summed E-state index contributed by atoms with van der Waals surface area (Å²) in [6.07, 6.45) is 0. The van der Waals surface area contributed by atoms with Crippen molar-refractivity contribution in [2.45, 2.75) is 19.6 Å². The van der Waals surface area contributed by atoms with Crippen molar-refractivity contribution in [3.8, 4) is 0 Å². The second kappa shape index (κ2) is 8.31. The molecule has 0 aliphatic heterocycles. The molecule has 0 bridgehead atoms. The number of imidazole rings is 1. The van der Waals surface area contributed by atoms with Crippen molar-refractivity contribution in [3.05, 3.63) is 113 Å². The molecule has 5 rings (SSSR count). The molecule has 1 N–H and O–H groups in total. The zero-order chi connectivity index (χ0) is 20.3. The lowest BCUT2D eigenvalue weighted by Crippen LogP contribution is -2.17. The van der Waals surface area contributed by atoms with Gasteiger partial charge in [0, 0.05) is 18.1 Å². The zero-order valence-corrected chi connectivity index (χ0v) is 17.3. The Kier molecular flexibility index (Phi) is 5.22. The molecule has 5 aromatic rings. The average molecular weight is 412 g/mol. The fourth-order valence-electron chi connectivity index (χ4n) is 4.01. The number of aromatic nitrogens is 2. The van der Waals surface area contributed by atoms with Gasteiger partial charge in [-0.3, -0.25) is 0 Å². The summed E-state index contributed by atoms with van der Waals surface area (Å²) in [6, 6.07) is 31.3. The lowest BCUT2D eigenvalue weighted by Gasteiger charge is -2.12. The Morgan fingerprint density at radius 3 is 2.53 bits per heavy atom. The molecule has 148 valence electrons. The maximum absolute atomic E-state index is 6.20. The van der Waals surface area contributed by atoms with Gasteiger partial charge < -0.3 is 9.88 Å². The van der Waals surface area contributed by atoms with Crippen molar-refractivity contribution < 1.29 is 0 Å². The van der Waals surface area contributed by atoms with E-state index in [0.717, 1.165) is 35.0 Å². The molecule has 0 fully saturated rings. The van der Waals surface area contributed by atoms with Crippen molar-refractivity contribution >= 4 is 33.4 Å². The van der Waals surface area contributed by atoms with Crippen molar-refractivity contribution in [3.63, 3.8) is 0 Å². The Balaban J connectivity index is 1.41. The van der Waals surface area contributed by atoms with Crippen LogP contribution in [0.1, 0.15) is 17.0 Å². The summed E-state index contributed by atoms with van der Waals surface area (Å²) < 4.78 is 2.27. The molecule has 0 radical (unpaired) electrons. The number of hydrogen-bond donors (Lipinski definition) is 1. The molecule has 0 amide bonds. The minimum Gasteiger partial charge on any atom is -0.322 e. The Morgan fingerprint density at radius 2 is 1.60 bits per heavy atom. The number of hydrogen-bond acceptors (Lipinski definition) is 2. The lowest BCUT2D eigenvalue weighted by molar-refractivity contribution is 0.630. The molecule has 30 heavy (non-hydrogen) atoms. The summed E-state index contributed by atoms with van der Waals surface area (Å²) in [5, 5.41) is 6.92. The van der Waals surface area contributed by atoms with E-state index in [9.17, 15) is 0 Å². The van der Waals surface area contributed by atoms with Crippen LogP contribution in [0.4, 0.5) is 0 Å². The first-order chi connectivity index (χ1) is 14.8. The topological polar surface area (TPSA) is 29.9 Å². The maximum Gasteiger partial charge on any atom is 0.124 e. The predicted octanol–water partition coefficient (Wildman–Crippen LogP) is 6.18. The van der Waals surface area contributed by atoms with Gasteiger partial charge in [-0.2, -0.15) is 0 Å². The minimum absolute atomic E-state index is 0.693. The van der Waals surface area contributed by atoms with Crippen LogP contribution in [-0.4, -0.2) is 9.55 Å². The van der Waals surface area contributed by atoms with Crippen LogP contribution in [-0.2, 0) is 19.6 Å². The molecular weight excluding hydrogens is 390 g/mol. The highest BCUT2D eigenvalue weighted by Crippen LogP contribution is 2.21. The quantitative estimate of drug-likeness (QED) is 0.361. The highest BCUT2D eigenvalue weighted by atomic mass is 35.5. The summed E-state index contributed by atoms with van der Waals surface area (Å²) >= 11 is 6.20. The molecule has 0 atom stereocenters. The van der Waals surface area contributed by atoms with Crippen molar-refractivity contribution in [2.24, 2.45) is 0 Å². The van der Waals surface area contributed by atoms with E-state index in [1.165, 1.54) is 21.9 Å². The Morgan fingerprint density at radius 1 is 0.800 bits per heavy atom. The van der Waals surface area contributed by atoms with Gasteiger partial charge in [-0.15, -0.1) is 0 Å². The van der Waals surface area contributed by atoms with Crippen molar-refractivity contribution in [1.29, 1.82) is 0 Å². The maximum atomic E-state index is 6.20. The number of nitrogens with zero attached hydrogens (tertiary/aromatic N) is 2. The summed E-state index contributed by atoms with van der Waals surface area (Å²) in [6.45, 7) is 2.23. The number of nitrogens with one attached hydrogen (secondary N) is 1. The van der Waals surface area contributed by atoms with Gasteiger partial charge in [0.15, 0.2) is 0 Å². The largest absolute Gasteiger partial charge is 0.322 e. The highest BCUT2D eigenvalue weighted by molar-refractivity contribution is 6.30. The van der Waals surface area contributed by atoms with Gasteiger partial charge in [0.05, 0.1) is 17.6 Å². The van der Waals surface area contributed by atoms with Crippen LogP contribution in [0.25, 0.3) is 21.8 Å². The Bertz CT molecular complexity index is 1320. The number of para-hydroxylation sites is 2. The van der Waals surface area contributed by atoms with Crippen molar-refractivity contribution in [1.82, 2.24) is 14.9 Å². The first-order valence-corrected chi connectivity index (χ1v) is 10.5. The fourth-order valence-corrected chi connectivity index (χ4v) is 4.22. The minimum atomic E-state index is 0.693. The zero-order valence-electron chi connectivity index (χ0n) is 16.6. The van der Waals surface area contributed by atoms with Gasteiger partial charge in [0.2, 0.25) is 0 Å². The smallest absolute Gasteiger partial charge is 0.124 e. The van der Waals surface area contributed by atoms with E-state index >= 15 is 0 Å². The third-order valence-electron chi connectivity index (χ3n) is 5.44. The second-order valence-corrected chi connectivity index (χ2v) is 7.91. The van der Waals surface area contributed by atoms with E-state index in [4.69, 9.17) is 16.6 Å². The van der Waals surface area contributed by atoms with Crippen LogP contribution >= 0.6 is 11.6 Å². The Labute approximate surface area is 180 Å².